The van der Waals surface area contributed by atoms with E-state index in [0.717, 1.165) is 34.4 Å². The van der Waals surface area contributed by atoms with Gasteiger partial charge in [-0.05, 0) is 30.4 Å². The van der Waals surface area contributed by atoms with Crippen LogP contribution in [0.4, 0.5) is 5.82 Å². The predicted molar refractivity (Wildman–Crippen MR) is 89.3 cm³/mol. The molecule has 0 saturated heterocycles. The molecule has 0 bridgehead atoms. The van der Waals surface area contributed by atoms with Gasteiger partial charge >= 0.3 is 0 Å². The lowest BCUT2D eigenvalue weighted by Gasteiger charge is -2.13. The van der Waals surface area contributed by atoms with Crippen molar-refractivity contribution in [3.63, 3.8) is 0 Å². The van der Waals surface area contributed by atoms with Crippen LogP contribution in [0.2, 0.25) is 0 Å². The summed E-state index contributed by atoms with van der Waals surface area (Å²) in [6.45, 7) is 0.445. The van der Waals surface area contributed by atoms with Crippen molar-refractivity contribution in [2.75, 3.05) is 11.9 Å². The third-order valence-corrected chi connectivity index (χ3v) is 5.35. The van der Waals surface area contributed by atoms with Crippen LogP contribution in [0, 0.1) is 0 Å². The molecule has 0 aliphatic heterocycles. The average molecular weight is 311 g/mol. The molecule has 1 unspecified atom stereocenters. The summed E-state index contributed by atoms with van der Waals surface area (Å²) in [6, 6.07) is 9.70. The van der Waals surface area contributed by atoms with Crippen molar-refractivity contribution in [2.24, 2.45) is 0 Å². The first-order valence-electron chi connectivity index (χ1n) is 7.55. The zero-order chi connectivity index (χ0) is 14.9. The molecule has 0 saturated carbocycles. The van der Waals surface area contributed by atoms with E-state index in [1.165, 1.54) is 16.9 Å². The Bertz CT molecular complexity index is 800. The number of aryl methyl sites for hydroxylation is 2. The molecule has 2 N–H and O–H groups in total. The maximum atomic E-state index is 10.3. The van der Waals surface area contributed by atoms with Crippen LogP contribution < -0.4 is 5.32 Å². The summed E-state index contributed by atoms with van der Waals surface area (Å²) in [5.74, 6) is 0.847. The Labute approximate surface area is 132 Å². The largest absolute Gasteiger partial charge is 0.387 e. The van der Waals surface area contributed by atoms with Gasteiger partial charge < -0.3 is 10.4 Å². The molecule has 4 nitrogen and oxygen atoms in total. The summed E-state index contributed by atoms with van der Waals surface area (Å²) in [4.78, 5) is 11.3. The topological polar surface area (TPSA) is 58.0 Å². The van der Waals surface area contributed by atoms with Crippen LogP contribution in [0.5, 0.6) is 0 Å². The highest BCUT2D eigenvalue weighted by Gasteiger charge is 2.21. The first-order valence-corrected chi connectivity index (χ1v) is 8.36. The van der Waals surface area contributed by atoms with E-state index in [-0.39, 0.29) is 0 Å². The minimum absolute atomic E-state index is 0.445. The zero-order valence-electron chi connectivity index (χ0n) is 12.1. The van der Waals surface area contributed by atoms with Crippen LogP contribution in [0.15, 0.2) is 36.7 Å². The average Bonchev–Trinajstić information content (AvgIpc) is 3.14. The van der Waals surface area contributed by atoms with E-state index in [9.17, 15) is 5.11 Å². The number of aromatic nitrogens is 2. The lowest BCUT2D eigenvalue weighted by molar-refractivity contribution is 0.191. The van der Waals surface area contributed by atoms with Gasteiger partial charge in [0.25, 0.3) is 0 Å². The summed E-state index contributed by atoms with van der Waals surface area (Å²) in [7, 11) is 0. The highest BCUT2D eigenvalue weighted by atomic mass is 32.1. The van der Waals surface area contributed by atoms with Crippen molar-refractivity contribution >= 4 is 27.4 Å². The number of nitrogens with one attached hydrogen (secondary N) is 1. The molecule has 0 spiro atoms. The molecule has 4 rings (SSSR count). The van der Waals surface area contributed by atoms with E-state index >= 15 is 0 Å². The third kappa shape index (κ3) is 2.36. The van der Waals surface area contributed by atoms with Crippen molar-refractivity contribution in [2.45, 2.75) is 25.4 Å². The number of hydrogen-bond donors (Lipinski definition) is 2. The molecule has 22 heavy (non-hydrogen) atoms. The Morgan fingerprint density at radius 1 is 1.18 bits per heavy atom. The SMILES string of the molecule is OC(CNc1ncnc2sc3c(c12)CCC3)c1ccccc1. The molecule has 0 radical (unpaired) electrons. The number of aliphatic hydroxyl groups is 1. The molecule has 0 amide bonds. The van der Waals surface area contributed by atoms with Crippen molar-refractivity contribution in [1.29, 1.82) is 0 Å². The normalized spacial score (nSPS) is 15.0. The fourth-order valence-corrected chi connectivity index (χ4v) is 4.28. The zero-order valence-corrected chi connectivity index (χ0v) is 12.9. The summed E-state index contributed by atoms with van der Waals surface area (Å²) >= 11 is 1.78. The van der Waals surface area contributed by atoms with Crippen molar-refractivity contribution in [3.8, 4) is 0 Å². The second-order valence-corrected chi connectivity index (χ2v) is 6.65. The Morgan fingerprint density at radius 2 is 2.05 bits per heavy atom. The van der Waals surface area contributed by atoms with E-state index in [4.69, 9.17) is 0 Å². The van der Waals surface area contributed by atoms with Gasteiger partial charge in [0, 0.05) is 11.4 Å². The van der Waals surface area contributed by atoms with Gasteiger partial charge in [-0.1, -0.05) is 30.3 Å². The Balaban J connectivity index is 1.60. The maximum absolute atomic E-state index is 10.3. The maximum Gasteiger partial charge on any atom is 0.138 e. The quantitative estimate of drug-likeness (QED) is 0.776. The van der Waals surface area contributed by atoms with E-state index < -0.39 is 6.10 Å². The predicted octanol–water partition coefficient (Wildman–Crippen LogP) is 3.33. The number of benzene rings is 1. The fourth-order valence-electron chi connectivity index (χ4n) is 3.05. The number of fused-ring (bicyclic) bond motifs is 3. The molecular weight excluding hydrogens is 294 g/mol. The van der Waals surface area contributed by atoms with Gasteiger partial charge in [0.1, 0.15) is 17.0 Å². The molecule has 2 heterocycles. The highest BCUT2D eigenvalue weighted by Crippen LogP contribution is 2.39. The molecule has 1 aliphatic rings. The van der Waals surface area contributed by atoms with Crippen LogP contribution in [-0.2, 0) is 12.8 Å². The fraction of sp³-hybridized carbons (Fsp3) is 0.294. The van der Waals surface area contributed by atoms with E-state index in [1.54, 1.807) is 17.7 Å². The molecule has 1 aromatic carbocycles. The molecule has 1 aliphatic carbocycles. The van der Waals surface area contributed by atoms with Crippen molar-refractivity contribution in [3.05, 3.63) is 52.7 Å². The number of rotatable bonds is 4. The lowest BCUT2D eigenvalue weighted by atomic mass is 10.1. The minimum Gasteiger partial charge on any atom is -0.387 e. The highest BCUT2D eigenvalue weighted by molar-refractivity contribution is 7.19. The minimum atomic E-state index is -0.544. The van der Waals surface area contributed by atoms with Gasteiger partial charge in [-0.2, -0.15) is 0 Å². The van der Waals surface area contributed by atoms with Gasteiger partial charge in [0.05, 0.1) is 11.5 Å². The van der Waals surface area contributed by atoms with Gasteiger partial charge in [-0.3, -0.25) is 0 Å². The molecule has 5 heteroatoms. The Hall–Kier alpha value is -1.98. The monoisotopic (exact) mass is 311 g/mol. The molecule has 0 fully saturated rings. The van der Waals surface area contributed by atoms with Crippen LogP contribution >= 0.6 is 11.3 Å². The summed E-state index contributed by atoms with van der Waals surface area (Å²) in [6.07, 6.45) is 4.54. The Morgan fingerprint density at radius 3 is 2.91 bits per heavy atom. The Kier molecular flexibility index (Phi) is 3.52. The molecule has 2 aromatic heterocycles. The molecule has 1 atom stereocenters. The van der Waals surface area contributed by atoms with Crippen molar-refractivity contribution < 1.29 is 5.11 Å². The third-order valence-electron chi connectivity index (χ3n) is 4.15. The molecular formula is C17H17N3OS. The van der Waals surface area contributed by atoms with Crippen LogP contribution in [0.25, 0.3) is 10.2 Å². The first kappa shape index (κ1) is 13.7. The number of nitrogens with zero attached hydrogens (tertiary/aromatic N) is 2. The van der Waals surface area contributed by atoms with Crippen LogP contribution in [-0.4, -0.2) is 21.6 Å². The van der Waals surface area contributed by atoms with Crippen LogP contribution in [0.3, 0.4) is 0 Å². The lowest BCUT2D eigenvalue weighted by Crippen LogP contribution is -2.13. The van der Waals surface area contributed by atoms with E-state index in [2.05, 4.69) is 15.3 Å². The van der Waals surface area contributed by atoms with Gasteiger partial charge in [0.15, 0.2) is 0 Å². The first-order chi connectivity index (χ1) is 10.8. The number of anilines is 1. The van der Waals surface area contributed by atoms with E-state index in [0.29, 0.717) is 6.54 Å². The second kappa shape index (κ2) is 5.66. The standard InChI is InChI=1S/C17H17N3OS/c21-13(11-5-2-1-3-6-11)9-18-16-15-12-7-4-8-14(12)22-17(15)20-10-19-16/h1-3,5-6,10,13,21H,4,7-9H2,(H,18,19,20). The molecule has 3 aromatic rings. The van der Waals surface area contributed by atoms with Gasteiger partial charge in [0.2, 0.25) is 0 Å². The molecule has 112 valence electrons. The summed E-state index contributed by atoms with van der Waals surface area (Å²) < 4.78 is 0. The van der Waals surface area contributed by atoms with Crippen molar-refractivity contribution in [1.82, 2.24) is 9.97 Å². The summed E-state index contributed by atoms with van der Waals surface area (Å²) in [5.41, 5.74) is 2.31. The number of aliphatic hydroxyl groups excluding tert-OH is 1. The van der Waals surface area contributed by atoms with Gasteiger partial charge in [-0.25, -0.2) is 9.97 Å². The smallest absolute Gasteiger partial charge is 0.138 e. The van der Waals surface area contributed by atoms with E-state index in [1.807, 2.05) is 30.3 Å². The second-order valence-electron chi connectivity index (χ2n) is 5.57. The van der Waals surface area contributed by atoms with Crippen LogP contribution in [0.1, 0.15) is 28.5 Å². The summed E-state index contributed by atoms with van der Waals surface area (Å²) in [5, 5.41) is 14.8. The van der Waals surface area contributed by atoms with Gasteiger partial charge in [-0.15, -0.1) is 11.3 Å². The number of thiophene rings is 1. The number of hydrogen-bond acceptors (Lipinski definition) is 5.